The summed E-state index contributed by atoms with van der Waals surface area (Å²) in [6, 6.07) is 3.22. The Bertz CT molecular complexity index is 493. The van der Waals surface area contributed by atoms with Crippen LogP contribution in [0.1, 0.15) is 12.0 Å². The Kier molecular flexibility index (Phi) is 2.97. The standard InChI is InChI=1S/C11H12Cl2N2O2/c1-15-5-4-11(14,10(16)17)8-6(12)2-3-7(13)9(8)15/h2-3H,4-5,14H2,1H3,(H,16,17). The highest BCUT2D eigenvalue weighted by Crippen LogP contribution is 2.44. The van der Waals surface area contributed by atoms with Gasteiger partial charge in [-0.05, 0) is 18.6 Å². The lowest BCUT2D eigenvalue weighted by molar-refractivity contribution is -0.144. The number of anilines is 1. The monoisotopic (exact) mass is 274 g/mol. The average Bonchev–Trinajstić information content (AvgIpc) is 2.27. The summed E-state index contributed by atoms with van der Waals surface area (Å²) >= 11 is 12.2. The van der Waals surface area contributed by atoms with Gasteiger partial charge in [0.2, 0.25) is 0 Å². The quantitative estimate of drug-likeness (QED) is 0.823. The Labute approximate surface area is 109 Å². The van der Waals surface area contributed by atoms with Gasteiger partial charge in [-0.1, -0.05) is 23.2 Å². The first-order chi connectivity index (χ1) is 7.88. The largest absolute Gasteiger partial charge is 0.480 e. The summed E-state index contributed by atoms with van der Waals surface area (Å²) in [5, 5.41) is 10.1. The van der Waals surface area contributed by atoms with Crippen LogP contribution in [0.3, 0.4) is 0 Å². The van der Waals surface area contributed by atoms with Crippen LogP contribution in [0.5, 0.6) is 0 Å². The lowest BCUT2D eigenvalue weighted by Gasteiger charge is -2.38. The number of benzene rings is 1. The van der Waals surface area contributed by atoms with Crippen LogP contribution in [0.25, 0.3) is 0 Å². The van der Waals surface area contributed by atoms with Gasteiger partial charge in [0.25, 0.3) is 0 Å². The molecule has 0 fully saturated rings. The fourth-order valence-electron chi connectivity index (χ4n) is 2.13. The third kappa shape index (κ3) is 1.76. The number of aliphatic carboxylic acids is 1. The molecule has 0 radical (unpaired) electrons. The highest BCUT2D eigenvalue weighted by atomic mass is 35.5. The van der Waals surface area contributed by atoms with Gasteiger partial charge in [-0.25, -0.2) is 4.79 Å². The molecule has 0 bridgehead atoms. The first-order valence-corrected chi connectivity index (χ1v) is 5.85. The summed E-state index contributed by atoms with van der Waals surface area (Å²) in [5.74, 6) is -1.09. The zero-order valence-corrected chi connectivity index (χ0v) is 10.7. The molecule has 1 aliphatic heterocycles. The van der Waals surface area contributed by atoms with Crippen LogP contribution in [0.4, 0.5) is 5.69 Å². The van der Waals surface area contributed by atoms with E-state index < -0.39 is 11.5 Å². The molecule has 1 aromatic carbocycles. The Balaban J connectivity index is 2.76. The van der Waals surface area contributed by atoms with Gasteiger partial charge in [0.05, 0.1) is 10.7 Å². The van der Waals surface area contributed by atoms with Crippen LogP contribution in [0.2, 0.25) is 10.0 Å². The maximum absolute atomic E-state index is 11.4. The normalized spacial score (nSPS) is 23.4. The molecule has 0 saturated heterocycles. The molecule has 1 aromatic rings. The van der Waals surface area contributed by atoms with E-state index in [1.807, 2.05) is 11.9 Å². The zero-order chi connectivity index (χ0) is 12.8. The van der Waals surface area contributed by atoms with Crippen LogP contribution in [-0.2, 0) is 10.3 Å². The first-order valence-electron chi connectivity index (χ1n) is 5.10. The molecular weight excluding hydrogens is 263 g/mol. The number of carboxylic acid groups (broad SMARTS) is 1. The maximum atomic E-state index is 11.4. The molecule has 0 spiro atoms. The number of nitrogens with two attached hydrogens (primary N) is 1. The number of halogens is 2. The number of carbonyl (C=O) groups is 1. The van der Waals surface area contributed by atoms with Crippen LogP contribution in [-0.4, -0.2) is 24.7 Å². The molecule has 1 unspecified atom stereocenters. The molecule has 2 rings (SSSR count). The van der Waals surface area contributed by atoms with Gasteiger partial charge in [-0.2, -0.15) is 0 Å². The van der Waals surface area contributed by atoms with E-state index in [4.69, 9.17) is 28.9 Å². The van der Waals surface area contributed by atoms with Crippen molar-refractivity contribution in [1.29, 1.82) is 0 Å². The summed E-state index contributed by atoms with van der Waals surface area (Å²) in [4.78, 5) is 13.2. The fraction of sp³-hybridized carbons (Fsp3) is 0.364. The second-order valence-electron chi connectivity index (χ2n) is 4.20. The van der Waals surface area contributed by atoms with Crippen molar-refractivity contribution in [1.82, 2.24) is 0 Å². The summed E-state index contributed by atoms with van der Waals surface area (Å²) in [6.07, 6.45) is 0.298. The topological polar surface area (TPSA) is 66.6 Å². The summed E-state index contributed by atoms with van der Waals surface area (Å²) < 4.78 is 0. The predicted octanol–water partition coefficient (Wildman–Crippen LogP) is 2.07. The molecule has 1 atom stereocenters. The third-order valence-electron chi connectivity index (χ3n) is 3.13. The predicted molar refractivity (Wildman–Crippen MR) is 67.9 cm³/mol. The molecular formula is C11H12Cl2N2O2. The van der Waals surface area contributed by atoms with E-state index in [0.29, 0.717) is 34.3 Å². The van der Waals surface area contributed by atoms with E-state index in [9.17, 15) is 9.90 Å². The van der Waals surface area contributed by atoms with Crippen molar-refractivity contribution >= 4 is 34.9 Å². The SMILES string of the molecule is CN1CCC(N)(C(=O)O)c2c(Cl)ccc(Cl)c21. The summed E-state index contributed by atoms with van der Waals surface area (Å²) in [6.45, 7) is 0.524. The highest BCUT2D eigenvalue weighted by molar-refractivity contribution is 6.36. The number of fused-ring (bicyclic) bond motifs is 1. The molecule has 0 saturated carbocycles. The van der Waals surface area contributed by atoms with Gasteiger partial charge in [0, 0.05) is 24.2 Å². The minimum atomic E-state index is -1.47. The molecule has 0 aromatic heterocycles. The molecule has 0 aliphatic carbocycles. The van der Waals surface area contributed by atoms with Gasteiger partial charge < -0.3 is 15.7 Å². The van der Waals surface area contributed by atoms with Crippen molar-refractivity contribution in [3.63, 3.8) is 0 Å². The van der Waals surface area contributed by atoms with Crippen molar-refractivity contribution in [2.24, 2.45) is 5.73 Å². The number of hydrogen-bond donors (Lipinski definition) is 2. The van der Waals surface area contributed by atoms with Crippen molar-refractivity contribution in [2.75, 3.05) is 18.5 Å². The number of rotatable bonds is 1. The Morgan fingerprint density at radius 1 is 1.47 bits per heavy atom. The van der Waals surface area contributed by atoms with Crippen LogP contribution in [0, 0.1) is 0 Å². The number of nitrogens with zero attached hydrogens (tertiary/aromatic N) is 1. The minimum absolute atomic E-state index is 0.298. The Hall–Kier alpha value is -0.970. The maximum Gasteiger partial charge on any atom is 0.328 e. The second-order valence-corrected chi connectivity index (χ2v) is 5.02. The average molecular weight is 275 g/mol. The number of hydrogen-bond acceptors (Lipinski definition) is 3. The van der Waals surface area contributed by atoms with Gasteiger partial charge in [-0.3, -0.25) is 0 Å². The molecule has 1 aliphatic rings. The Morgan fingerprint density at radius 3 is 2.65 bits per heavy atom. The molecule has 4 nitrogen and oxygen atoms in total. The van der Waals surface area contributed by atoms with Gasteiger partial charge in [0.15, 0.2) is 0 Å². The fourth-order valence-corrected chi connectivity index (χ4v) is 2.76. The van der Waals surface area contributed by atoms with Crippen molar-refractivity contribution < 1.29 is 9.90 Å². The van der Waals surface area contributed by atoms with Crippen LogP contribution >= 0.6 is 23.2 Å². The van der Waals surface area contributed by atoms with Crippen LogP contribution < -0.4 is 10.6 Å². The van der Waals surface area contributed by atoms with E-state index >= 15 is 0 Å². The first kappa shape index (κ1) is 12.5. The van der Waals surface area contributed by atoms with E-state index in [1.54, 1.807) is 12.1 Å². The second kappa shape index (κ2) is 4.05. The van der Waals surface area contributed by atoms with Gasteiger partial charge in [0.1, 0.15) is 5.54 Å². The molecule has 0 amide bonds. The van der Waals surface area contributed by atoms with E-state index in [1.165, 1.54) is 0 Å². The van der Waals surface area contributed by atoms with E-state index in [-0.39, 0.29) is 0 Å². The molecule has 92 valence electrons. The Morgan fingerprint density at radius 2 is 2.06 bits per heavy atom. The molecule has 17 heavy (non-hydrogen) atoms. The molecule has 3 N–H and O–H groups in total. The van der Waals surface area contributed by atoms with Crippen molar-refractivity contribution in [2.45, 2.75) is 12.0 Å². The third-order valence-corrected chi connectivity index (χ3v) is 3.75. The van der Waals surface area contributed by atoms with Gasteiger partial charge >= 0.3 is 5.97 Å². The lowest BCUT2D eigenvalue weighted by Crippen LogP contribution is -2.51. The molecule has 1 heterocycles. The van der Waals surface area contributed by atoms with Crippen molar-refractivity contribution in [3.8, 4) is 0 Å². The molecule has 6 heteroatoms. The number of carboxylic acids is 1. The van der Waals surface area contributed by atoms with Crippen LogP contribution in [0.15, 0.2) is 12.1 Å². The lowest BCUT2D eigenvalue weighted by atomic mass is 9.83. The van der Waals surface area contributed by atoms with E-state index in [0.717, 1.165) is 0 Å². The summed E-state index contributed by atoms with van der Waals surface area (Å²) in [5.41, 5.74) is 5.51. The smallest absolute Gasteiger partial charge is 0.328 e. The van der Waals surface area contributed by atoms with Gasteiger partial charge in [-0.15, -0.1) is 0 Å². The van der Waals surface area contributed by atoms with Crippen molar-refractivity contribution in [3.05, 3.63) is 27.7 Å². The van der Waals surface area contributed by atoms with E-state index in [2.05, 4.69) is 0 Å². The minimum Gasteiger partial charge on any atom is -0.480 e. The highest BCUT2D eigenvalue weighted by Gasteiger charge is 2.44. The summed E-state index contributed by atoms with van der Waals surface area (Å²) in [7, 11) is 1.84. The zero-order valence-electron chi connectivity index (χ0n) is 9.20.